The van der Waals surface area contributed by atoms with E-state index in [4.69, 9.17) is 0 Å². The molecule has 1 heterocycles. The van der Waals surface area contributed by atoms with Crippen molar-refractivity contribution in [2.75, 3.05) is 0 Å². The van der Waals surface area contributed by atoms with Crippen molar-refractivity contribution in [1.82, 2.24) is 4.57 Å². The van der Waals surface area contributed by atoms with Gasteiger partial charge in [-0.25, -0.2) is 0 Å². The maximum Gasteiger partial charge on any atom is 0.0899 e. The summed E-state index contributed by atoms with van der Waals surface area (Å²) in [7, 11) is 2.06. The summed E-state index contributed by atoms with van der Waals surface area (Å²) < 4.78 is 2.13. The van der Waals surface area contributed by atoms with Gasteiger partial charge in [-0.05, 0) is 43.0 Å². The minimum atomic E-state index is -0.519. The first-order chi connectivity index (χ1) is 7.10. The van der Waals surface area contributed by atoms with Gasteiger partial charge in [-0.15, -0.1) is 0 Å². The molecule has 2 nitrogen and oxygen atoms in total. The van der Waals surface area contributed by atoms with Gasteiger partial charge >= 0.3 is 0 Å². The van der Waals surface area contributed by atoms with E-state index in [-0.39, 0.29) is 0 Å². The molecule has 2 heteroatoms. The van der Waals surface area contributed by atoms with Crippen LogP contribution >= 0.6 is 0 Å². The highest BCUT2D eigenvalue weighted by Crippen LogP contribution is 2.46. The highest BCUT2D eigenvalue weighted by Gasteiger charge is 2.42. The third-order valence-corrected chi connectivity index (χ3v) is 3.42. The maximum absolute atomic E-state index is 10.1. The van der Waals surface area contributed by atoms with E-state index in [0.717, 1.165) is 18.4 Å². The Labute approximate surface area is 89.1 Å². The van der Waals surface area contributed by atoms with Gasteiger partial charge in [0.2, 0.25) is 0 Å². The van der Waals surface area contributed by atoms with Crippen LogP contribution in [0.1, 0.15) is 24.0 Å². The molecule has 1 fully saturated rings. The lowest BCUT2D eigenvalue weighted by atomic mass is 10.0. The van der Waals surface area contributed by atoms with Crippen molar-refractivity contribution in [2.45, 2.75) is 25.4 Å². The topological polar surface area (TPSA) is 25.2 Å². The molecule has 0 amide bonds. The second kappa shape index (κ2) is 2.64. The van der Waals surface area contributed by atoms with Gasteiger partial charge in [0.15, 0.2) is 0 Å². The van der Waals surface area contributed by atoms with E-state index in [9.17, 15) is 5.11 Å². The molecule has 1 aliphatic carbocycles. The molecule has 0 bridgehead atoms. The zero-order chi connectivity index (χ0) is 10.6. The Morgan fingerprint density at radius 3 is 2.73 bits per heavy atom. The Bertz CT molecular complexity index is 535. The summed E-state index contributed by atoms with van der Waals surface area (Å²) in [5, 5.41) is 11.3. The van der Waals surface area contributed by atoms with Gasteiger partial charge < -0.3 is 9.67 Å². The molecule has 0 unspecified atom stereocenters. The molecule has 3 rings (SSSR count). The normalized spacial score (nSPS) is 18.3. The fourth-order valence-corrected chi connectivity index (χ4v) is 2.36. The van der Waals surface area contributed by atoms with Crippen LogP contribution < -0.4 is 0 Å². The first kappa shape index (κ1) is 8.98. The predicted octanol–water partition coefficient (Wildman–Crippen LogP) is 2.47. The molecule has 15 heavy (non-hydrogen) atoms. The predicted molar refractivity (Wildman–Crippen MR) is 60.8 cm³/mol. The lowest BCUT2D eigenvalue weighted by molar-refractivity contribution is 0.151. The Morgan fingerprint density at radius 2 is 2.07 bits per heavy atom. The van der Waals surface area contributed by atoms with Gasteiger partial charge in [0.1, 0.15) is 0 Å². The Hall–Kier alpha value is -1.28. The van der Waals surface area contributed by atoms with Crippen molar-refractivity contribution in [3.05, 3.63) is 35.5 Å². The Balaban J connectivity index is 2.28. The van der Waals surface area contributed by atoms with E-state index in [1.165, 1.54) is 16.5 Å². The van der Waals surface area contributed by atoms with E-state index < -0.39 is 5.60 Å². The van der Waals surface area contributed by atoms with Gasteiger partial charge in [0.05, 0.1) is 11.1 Å². The van der Waals surface area contributed by atoms with Gasteiger partial charge in [-0.2, -0.15) is 0 Å². The number of benzene rings is 1. The second-order valence-electron chi connectivity index (χ2n) is 4.69. The first-order valence-corrected chi connectivity index (χ1v) is 5.39. The summed E-state index contributed by atoms with van der Waals surface area (Å²) in [6.07, 6.45) is 3.88. The molecule has 1 N–H and O–H groups in total. The van der Waals surface area contributed by atoms with Crippen LogP contribution in [0.4, 0.5) is 0 Å². The molecule has 2 aromatic rings. The standard InChI is InChI=1S/C13H15NO/c1-9-7-11(13(15)4-5-13)8-10-3-6-14(2)12(9)10/h3,6-8,15H,4-5H2,1-2H3. The number of aromatic nitrogens is 1. The number of aliphatic hydroxyl groups is 1. The molecule has 1 saturated carbocycles. The van der Waals surface area contributed by atoms with Crippen LogP contribution in [0.2, 0.25) is 0 Å². The number of rotatable bonds is 1. The quantitative estimate of drug-likeness (QED) is 0.753. The van der Waals surface area contributed by atoms with Crippen molar-refractivity contribution in [1.29, 1.82) is 0 Å². The third kappa shape index (κ3) is 1.21. The molecule has 0 atom stereocenters. The monoisotopic (exact) mass is 201 g/mol. The summed E-state index contributed by atoms with van der Waals surface area (Å²) in [4.78, 5) is 0. The fraction of sp³-hybridized carbons (Fsp3) is 0.385. The van der Waals surface area contributed by atoms with E-state index in [1.807, 2.05) is 0 Å². The summed E-state index contributed by atoms with van der Waals surface area (Å²) in [6, 6.07) is 6.35. The largest absolute Gasteiger partial charge is 0.385 e. The second-order valence-corrected chi connectivity index (χ2v) is 4.69. The SMILES string of the molecule is Cc1cc(C2(O)CC2)cc2ccn(C)c12. The Kier molecular flexibility index (Phi) is 1.58. The number of nitrogens with zero attached hydrogens (tertiary/aromatic N) is 1. The van der Waals surface area contributed by atoms with Crippen molar-refractivity contribution in [2.24, 2.45) is 7.05 Å². The highest BCUT2D eigenvalue weighted by atomic mass is 16.3. The third-order valence-electron chi connectivity index (χ3n) is 3.42. The minimum Gasteiger partial charge on any atom is -0.385 e. The zero-order valence-electron chi connectivity index (χ0n) is 9.12. The summed E-state index contributed by atoms with van der Waals surface area (Å²) in [5.41, 5.74) is 3.08. The van der Waals surface area contributed by atoms with Gasteiger partial charge in [0.25, 0.3) is 0 Å². The van der Waals surface area contributed by atoms with Crippen LogP contribution in [-0.4, -0.2) is 9.67 Å². The lowest BCUT2D eigenvalue weighted by Gasteiger charge is -2.10. The van der Waals surface area contributed by atoms with Crippen LogP contribution in [0.5, 0.6) is 0 Å². The zero-order valence-corrected chi connectivity index (χ0v) is 9.12. The minimum absolute atomic E-state index is 0.519. The van der Waals surface area contributed by atoms with Crippen LogP contribution in [0.15, 0.2) is 24.4 Å². The molecule has 1 aromatic carbocycles. The van der Waals surface area contributed by atoms with Crippen molar-refractivity contribution < 1.29 is 5.11 Å². The van der Waals surface area contributed by atoms with Crippen molar-refractivity contribution in [3.63, 3.8) is 0 Å². The van der Waals surface area contributed by atoms with Crippen LogP contribution in [0.25, 0.3) is 10.9 Å². The molecule has 1 aliphatic rings. The maximum atomic E-state index is 10.1. The highest BCUT2D eigenvalue weighted by molar-refractivity contribution is 5.84. The molecule has 0 radical (unpaired) electrons. The molecule has 78 valence electrons. The fourth-order valence-electron chi connectivity index (χ4n) is 2.36. The summed E-state index contributed by atoms with van der Waals surface area (Å²) >= 11 is 0. The Morgan fingerprint density at radius 1 is 1.33 bits per heavy atom. The van der Waals surface area contributed by atoms with Gasteiger partial charge in [-0.1, -0.05) is 6.07 Å². The van der Waals surface area contributed by atoms with Crippen LogP contribution in [-0.2, 0) is 12.6 Å². The molecular formula is C13H15NO. The van der Waals surface area contributed by atoms with E-state index in [0.29, 0.717) is 0 Å². The molecule has 0 aliphatic heterocycles. The average Bonchev–Trinajstić information content (AvgIpc) is 2.83. The van der Waals surface area contributed by atoms with Gasteiger partial charge in [-0.3, -0.25) is 0 Å². The summed E-state index contributed by atoms with van der Waals surface area (Å²) in [6.45, 7) is 2.11. The van der Waals surface area contributed by atoms with Crippen LogP contribution in [0, 0.1) is 6.92 Å². The first-order valence-electron chi connectivity index (χ1n) is 5.39. The van der Waals surface area contributed by atoms with E-state index in [1.54, 1.807) is 0 Å². The van der Waals surface area contributed by atoms with Crippen molar-refractivity contribution >= 4 is 10.9 Å². The lowest BCUT2D eigenvalue weighted by Crippen LogP contribution is -2.04. The molecule has 0 spiro atoms. The van der Waals surface area contributed by atoms with E-state index >= 15 is 0 Å². The van der Waals surface area contributed by atoms with Gasteiger partial charge in [0, 0.05) is 18.6 Å². The summed E-state index contributed by atoms with van der Waals surface area (Å²) in [5.74, 6) is 0. The number of fused-ring (bicyclic) bond motifs is 1. The van der Waals surface area contributed by atoms with Crippen LogP contribution in [0.3, 0.4) is 0 Å². The molecule has 1 aromatic heterocycles. The number of aryl methyl sites for hydroxylation is 2. The average molecular weight is 201 g/mol. The number of hydrogen-bond donors (Lipinski definition) is 1. The number of hydrogen-bond acceptors (Lipinski definition) is 1. The molecule has 0 saturated heterocycles. The van der Waals surface area contributed by atoms with E-state index in [2.05, 4.69) is 42.9 Å². The molecular weight excluding hydrogens is 186 g/mol. The smallest absolute Gasteiger partial charge is 0.0899 e. The van der Waals surface area contributed by atoms with Crippen molar-refractivity contribution in [3.8, 4) is 0 Å².